The third-order valence-electron chi connectivity index (χ3n) is 4.15. The number of carbonyl (C=O) groups is 1. The van der Waals surface area contributed by atoms with Gasteiger partial charge in [-0.25, -0.2) is 4.68 Å². The number of tetrazole rings is 1. The van der Waals surface area contributed by atoms with Gasteiger partial charge in [-0.2, -0.15) is 5.10 Å². The van der Waals surface area contributed by atoms with E-state index in [4.69, 9.17) is 0 Å². The summed E-state index contributed by atoms with van der Waals surface area (Å²) in [6, 6.07) is 2.00. The molecule has 1 atom stereocenters. The normalized spacial score (nSPS) is 18.3. The molecular formula is C15H23N7O. The number of H-pyrrole nitrogens is 1. The first-order chi connectivity index (χ1) is 10.9. The van der Waals surface area contributed by atoms with Crippen molar-refractivity contribution < 1.29 is 4.79 Å². The summed E-state index contributed by atoms with van der Waals surface area (Å²) >= 11 is 0. The molecule has 2 aromatic rings. The van der Waals surface area contributed by atoms with Crippen LogP contribution in [-0.4, -0.2) is 36.3 Å². The average Bonchev–Trinajstić information content (AvgIpc) is 3.10. The maximum Gasteiger partial charge on any atom is 0.231 e. The molecule has 23 heavy (non-hydrogen) atoms. The lowest BCUT2D eigenvalue weighted by Gasteiger charge is -2.14. The first-order valence-corrected chi connectivity index (χ1v) is 8.03. The van der Waals surface area contributed by atoms with Gasteiger partial charge in [0, 0.05) is 12.0 Å². The molecule has 0 bridgehead atoms. The molecule has 1 amide bonds. The van der Waals surface area contributed by atoms with E-state index in [1.54, 1.807) is 4.68 Å². The van der Waals surface area contributed by atoms with E-state index < -0.39 is 0 Å². The van der Waals surface area contributed by atoms with Crippen molar-refractivity contribution in [1.29, 1.82) is 0 Å². The molecule has 0 radical (unpaired) electrons. The summed E-state index contributed by atoms with van der Waals surface area (Å²) in [5.41, 5.74) is 1.87. The average molecular weight is 317 g/mol. The van der Waals surface area contributed by atoms with Gasteiger partial charge in [0.2, 0.25) is 5.91 Å². The van der Waals surface area contributed by atoms with Crippen molar-refractivity contribution in [2.75, 3.05) is 0 Å². The van der Waals surface area contributed by atoms with Crippen molar-refractivity contribution >= 4 is 5.91 Å². The van der Waals surface area contributed by atoms with Crippen molar-refractivity contribution in [3.05, 3.63) is 23.3 Å². The molecule has 8 nitrogen and oxygen atoms in total. The van der Waals surface area contributed by atoms with Gasteiger partial charge in [0.05, 0.1) is 23.9 Å². The van der Waals surface area contributed by atoms with E-state index in [2.05, 4.69) is 51.8 Å². The SMILES string of the molecule is CC(C)(C)c1cc(CNC(=O)[C@H]2CCCCn3nnnc32)[nH]n1. The highest BCUT2D eigenvalue weighted by atomic mass is 16.1. The number of hydrogen-bond donors (Lipinski definition) is 2. The van der Waals surface area contributed by atoms with Gasteiger partial charge in [0.25, 0.3) is 0 Å². The number of hydrogen-bond acceptors (Lipinski definition) is 5. The summed E-state index contributed by atoms with van der Waals surface area (Å²) in [5.74, 6) is 0.354. The minimum atomic E-state index is -0.280. The molecule has 0 aromatic carbocycles. The number of amides is 1. The van der Waals surface area contributed by atoms with Gasteiger partial charge in [-0.05, 0) is 29.3 Å². The number of rotatable bonds is 3. The van der Waals surface area contributed by atoms with Crippen LogP contribution in [0.4, 0.5) is 0 Å². The molecule has 3 heterocycles. The third-order valence-corrected chi connectivity index (χ3v) is 4.15. The zero-order valence-electron chi connectivity index (χ0n) is 13.8. The van der Waals surface area contributed by atoms with Crippen molar-refractivity contribution in [1.82, 2.24) is 35.7 Å². The Morgan fingerprint density at radius 2 is 2.26 bits per heavy atom. The monoisotopic (exact) mass is 317 g/mol. The second-order valence-corrected chi connectivity index (χ2v) is 7.05. The minimum Gasteiger partial charge on any atom is -0.350 e. The highest BCUT2D eigenvalue weighted by Gasteiger charge is 2.28. The topological polar surface area (TPSA) is 101 Å². The van der Waals surface area contributed by atoms with Crippen LogP contribution in [0, 0.1) is 0 Å². The van der Waals surface area contributed by atoms with E-state index in [0.29, 0.717) is 12.4 Å². The fourth-order valence-corrected chi connectivity index (χ4v) is 2.75. The number of aryl methyl sites for hydroxylation is 1. The lowest BCUT2D eigenvalue weighted by atomic mass is 9.92. The van der Waals surface area contributed by atoms with E-state index in [-0.39, 0.29) is 17.2 Å². The van der Waals surface area contributed by atoms with Gasteiger partial charge >= 0.3 is 0 Å². The number of nitrogens with one attached hydrogen (secondary N) is 2. The Labute approximate surface area is 135 Å². The molecule has 0 fully saturated rings. The molecule has 0 saturated heterocycles. The largest absolute Gasteiger partial charge is 0.350 e. The summed E-state index contributed by atoms with van der Waals surface area (Å²) in [7, 11) is 0. The Bertz CT molecular complexity index is 682. The molecule has 0 spiro atoms. The molecule has 0 saturated carbocycles. The summed E-state index contributed by atoms with van der Waals surface area (Å²) in [5, 5.41) is 22.0. The van der Waals surface area contributed by atoms with Gasteiger partial charge in [0.1, 0.15) is 0 Å². The van der Waals surface area contributed by atoms with Gasteiger partial charge < -0.3 is 5.32 Å². The molecule has 1 aliphatic heterocycles. The van der Waals surface area contributed by atoms with Crippen molar-refractivity contribution in [3.63, 3.8) is 0 Å². The minimum absolute atomic E-state index is 0.0118. The molecule has 1 aliphatic rings. The van der Waals surface area contributed by atoms with Crippen LogP contribution >= 0.6 is 0 Å². The van der Waals surface area contributed by atoms with Crippen LogP contribution in [0.2, 0.25) is 0 Å². The maximum atomic E-state index is 12.5. The summed E-state index contributed by atoms with van der Waals surface area (Å²) in [4.78, 5) is 12.5. The van der Waals surface area contributed by atoms with Gasteiger partial charge in [-0.15, -0.1) is 5.10 Å². The Morgan fingerprint density at radius 1 is 1.43 bits per heavy atom. The number of nitrogens with zero attached hydrogens (tertiary/aromatic N) is 5. The third kappa shape index (κ3) is 3.40. The maximum absolute atomic E-state index is 12.5. The summed E-state index contributed by atoms with van der Waals surface area (Å²) < 4.78 is 1.74. The first kappa shape index (κ1) is 15.6. The quantitative estimate of drug-likeness (QED) is 0.888. The molecule has 2 aromatic heterocycles. The summed E-state index contributed by atoms with van der Waals surface area (Å²) in [6.45, 7) is 7.53. The molecule has 2 N–H and O–H groups in total. The number of fused-ring (bicyclic) bond motifs is 1. The van der Waals surface area contributed by atoms with Crippen LogP contribution in [0.5, 0.6) is 0 Å². The molecular weight excluding hydrogens is 294 g/mol. The highest BCUT2D eigenvalue weighted by molar-refractivity contribution is 5.82. The smallest absolute Gasteiger partial charge is 0.231 e. The predicted octanol–water partition coefficient (Wildman–Crippen LogP) is 1.28. The van der Waals surface area contributed by atoms with Gasteiger partial charge in [-0.3, -0.25) is 9.89 Å². The van der Waals surface area contributed by atoms with Crippen LogP contribution in [0.25, 0.3) is 0 Å². The second-order valence-electron chi connectivity index (χ2n) is 7.05. The number of carbonyl (C=O) groups excluding carboxylic acids is 1. The van der Waals surface area contributed by atoms with Crippen molar-refractivity contribution in [2.45, 2.75) is 64.5 Å². The fraction of sp³-hybridized carbons (Fsp3) is 0.667. The highest BCUT2D eigenvalue weighted by Crippen LogP contribution is 2.24. The predicted molar refractivity (Wildman–Crippen MR) is 83.5 cm³/mol. The zero-order valence-corrected chi connectivity index (χ0v) is 13.8. The first-order valence-electron chi connectivity index (χ1n) is 8.03. The van der Waals surface area contributed by atoms with Crippen molar-refractivity contribution in [2.24, 2.45) is 0 Å². The van der Waals surface area contributed by atoms with Crippen LogP contribution < -0.4 is 5.32 Å². The fourth-order valence-electron chi connectivity index (χ4n) is 2.75. The van der Waals surface area contributed by atoms with E-state index >= 15 is 0 Å². The van der Waals surface area contributed by atoms with Crippen LogP contribution in [0.3, 0.4) is 0 Å². The van der Waals surface area contributed by atoms with E-state index in [9.17, 15) is 4.79 Å². The Morgan fingerprint density at radius 3 is 3.00 bits per heavy atom. The Hall–Kier alpha value is -2.25. The van der Waals surface area contributed by atoms with Gasteiger partial charge in [0.15, 0.2) is 5.82 Å². The molecule has 3 rings (SSSR count). The molecule has 0 unspecified atom stereocenters. The second kappa shape index (κ2) is 6.10. The summed E-state index contributed by atoms with van der Waals surface area (Å²) in [6.07, 6.45) is 2.76. The van der Waals surface area contributed by atoms with Crippen molar-refractivity contribution in [3.8, 4) is 0 Å². The van der Waals surface area contributed by atoms with E-state index in [1.165, 1.54) is 0 Å². The number of aromatic amines is 1. The standard InChI is InChI=1S/C15H23N7O/c1-15(2,3)12-8-10(17-18-12)9-16-14(23)11-6-4-5-7-22-13(11)19-20-21-22/h8,11H,4-7,9H2,1-3H3,(H,16,23)(H,17,18)/t11-/m0/s1. The van der Waals surface area contributed by atoms with E-state index in [0.717, 1.165) is 37.2 Å². The number of aromatic nitrogens is 6. The molecule has 0 aliphatic carbocycles. The Balaban J connectivity index is 1.65. The van der Waals surface area contributed by atoms with Crippen LogP contribution in [0.1, 0.15) is 63.2 Å². The van der Waals surface area contributed by atoms with Crippen LogP contribution in [-0.2, 0) is 23.3 Å². The van der Waals surface area contributed by atoms with Gasteiger partial charge in [-0.1, -0.05) is 27.2 Å². The Kier molecular flexibility index (Phi) is 4.14. The molecule has 8 heteroatoms. The lowest BCUT2D eigenvalue weighted by molar-refractivity contribution is -0.123. The molecule has 124 valence electrons. The zero-order chi connectivity index (χ0) is 16.4. The lowest BCUT2D eigenvalue weighted by Crippen LogP contribution is -2.30. The van der Waals surface area contributed by atoms with Crippen LogP contribution in [0.15, 0.2) is 6.07 Å². The van der Waals surface area contributed by atoms with E-state index in [1.807, 2.05) is 6.07 Å².